The summed E-state index contributed by atoms with van der Waals surface area (Å²) in [5.41, 5.74) is 2.36. The number of amides is 1. The summed E-state index contributed by atoms with van der Waals surface area (Å²) < 4.78 is 1.60. The van der Waals surface area contributed by atoms with Gasteiger partial charge in [0.15, 0.2) is 0 Å². The fraction of sp³-hybridized carbons (Fsp3) is 0.286. The van der Waals surface area contributed by atoms with Crippen LogP contribution < -0.4 is 10.5 Å². The fourth-order valence-corrected chi connectivity index (χ4v) is 3.78. The molecule has 6 heteroatoms. The first-order valence-electron chi connectivity index (χ1n) is 9.07. The Balaban J connectivity index is 1.82. The second kappa shape index (κ2) is 6.96. The molecule has 0 radical (unpaired) electrons. The SMILES string of the molecule is CN1C(=O)C(Cc2nc3ccccc3c(=O)n2CCCO)c2ccccc21. The Kier molecular flexibility index (Phi) is 4.49. The van der Waals surface area contributed by atoms with Crippen LogP contribution in [0.2, 0.25) is 0 Å². The van der Waals surface area contributed by atoms with Crippen molar-refractivity contribution < 1.29 is 9.90 Å². The second-order valence-corrected chi connectivity index (χ2v) is 6.79. The summed E-state index contributed by atoms with van der Waals surface area (Å²) in [5.74, 6) is 0.225. The maximum atomic E-state index is 13.0. The van der Waals surface area contributed by atoms with Gasteiger partial charge < -0.3 is 10.0 Å². The van der Waals surface area contributed by atoms with E-state index in [1.165, 1.54) is 0 Å². The maximum absolute atomic E-state index is 13.0. The molecule has 138 valence electrons. The highest BCUT2D eigenvalue weighted by molar-refractivity contribution is 6.04. The molecule has 0 spiro atoms. The lowest BCUT2D eigenvalue weighted by molar-refractivity contribution is -0.119. The number of hydrogen-bond acceptors (Lipinski definition) is 4. The average molecular weight is 363 g/mol. The average Bonchev–Trinajstić information content (AvgIpc) is 2.93. The molecular formula is C21H21N3O3. The van der Waals surface area contributed by atoms with Crippen LogP contribution in [0.1, 0.15) is 23.7 Å². The van der Waals surface area contributed by atoms with Crippen LogP contribution in [0.4, 0.5) is 5.69 Å². The zero-order valence-electron chi connectivity index (χ0n) is 15.1. The Hall–Kier alpha value is -2.99. The number of carbonyl (C=O) groups excluding carboxylic acids is 1. The van der Waals surface area contributed by atoms with Gasteiger partial charge in [-0.15, -0.1) is 0 Å². The van der Waals surface area contributed by atoms with Crippen LogP contribution in [0.5, 0.6) is 0 Å². The number of anilines is 1. The molecule has 1 atom stereocenters. The first kappa shape index (κ1) is 17.4. The van der Waals surface area contributed by atoms with Gasteiger partial charge in [-0.25, -0.2) is 4.98 Å². The van der Waals surface area contributed by atoms with Crippen LogP contribution >= 0.6 is 0 Å². The third kappa shape index (κ3) is 2.92. The van der Waals surface area contributed by atoms with E-state index >= 15 is 0 Å². The Bertz CT molecular complexity index is 1070. The summed E-state index contributed by atoms with van der Waals surface area (Å²) >= 11 is 0. The van der Waals surface area contributed by atoms with Crippen molar-refractivity contribution in [3.63, 3.8) is 0 Å². The number of para-hydroxylation sites is 2. The molecule has 1 aliphatic heterocycles. The van der Waals surface area contributed by atoms with Gasteiger partial charge in [-0.2, -0.15) is 0 Å². The van der Waals surface area contributed by atoms with Gasteiger partial charge in [-0.1, -0.05) is 30.3 Å². The van der Waals surface area contributed by atoms with E-state index in [9.17, 15) is 14.7 Å². The topological polar surface area (TPSA) is 75.4 Å². The van der Waals surface area contributed by atoms with E-state index in [1.54, 1.807) is 22.6 Å². The molecule has 4 rings (SSSR count). The number of carbonyl (C=O) groups is 1. The number of aliphatic hydroxyl groups excluding tert-OH is 1. The van der Waals surface area contributed by atoms with Gasteiger partial charge in [0, 0.05) is 32.3 Å². The Labute approximate surface area is 156 Å². The van der Waals surface area contributed by atoms with Crippen molar-refractivity contribution in [3.8, 4) is 0 Å². The number of rotatable bonds is 5. The molecule has 1 N–H and O–H groups in total. The molecule has 0 aliphatic carbocycles. The molecule has 2 aromatic carbocycles. The van der Waals surface area contributed by atoms with Crippen molar-refractivity contribution in [2.45, 2.75) is 25.3 Å². The number of likely N-dealkylation sites (N-methyl/N-ethyl adjacent to an activating group) is 1. The highest BCUT2D eigenvalue weighted by Gasteiger charge is 2.35. The Morgan fingerprint density at radius 1 is 1.07 bits per heavy atom. The van der Waals surface area contributed by atoms with Crippen molar-refractivity contribution in [3.05, 3.63) is 70.3 Å². The molecule has 3 aromatic rings. The zero-order chi connectivity index (χ0) is 19.0. The minimum absolute atomic E-state index is 0.00677. The van der Waals surface area contributed by atoms with Crippen LogP contribution in [-0.4, -0.2) is 34.2 Å². The second-order valence-electron chi connectivity index (χ2n) is 6.79. The van der Waals surface area contributed by atoms with Gasteiger partial charge in [0.1, 0.15) is 5.82 Å². The number of nitrogens with zero attached hydrogens (tertiary/aromatic N) is 3. The van der Waals surface area contributed by atoms with Crippen LogP contribution in [0, 0.1) is 0 Å². The smallest absolute Gasteiger partial charge is 0.261 e. The lowest BCUT2D eigenvalue weighted by Gasteiger charge is -2.16. The van der Waals surface area contributed by atoms with Gasteiger partial charge in [-0.05, 0) is 30.2 Å². The van der Waals surface area contributed by atoms with E-state index in [0.29, 0.717) is 36.1 Å². The van der Waals surface area contributed by atoms with Crippen LogP contribution in [0.3, 0.4) is 0 Å². The standard InChI is InChI=1S/C21H21N3O3/c1-23-18-10-5-3-7-14(18)16(20(23)26)13-19-22-17-9-4-2-8-15(17)21(27)24(19)11-6-12-25/h2-5,7-10,16,25H,6,11-13H2,1H3. The first-order valence-corrected chi connectivity index (χ1v) is 9.07. The molecule has 0 saturated heterocycles. The van der Waals surface area contributed by atoms with Crippen LogP contribution in [-0.2, 0) is 17.8 Å². The first-order chi connectivity index (χ1) is 13.1. The predicted octanol–water partition coefficient (Wildman–Crippen LogP) is 2.08. The van der Waals surface area contributed by atoms with Gasteiger partial charge in [0.25, 0.3) is 5.56 Å². The number of benzene rings is 2. The van der Waals surface area contributed by atoms with E-state index in [-0.39, 0.29) is 24.0 Å². The third-order valence-corrected chi connectivity index (χ3v) is 5.17. The van der Waals surface area contributed by atoms with Crippen molar-refractivity contribution in [2.24, 2.45) is 0 Å². The molecule has 2 heterocycles. The van der Waals surface area contributed by atoms with E-state index < -0.39 is 0 Å². The summed E-state index contributed by atoms with van der Waals surface area (Å²) in [6.07, 6.45) is 0.813. The highest BCUT2D eigenvalue weighted by Crippen LogP contribution is 2.37. The summed E-state index contributed by atoms with van der Waals surface area (Å²) in [7, 11) is 1.77. The van der Waals surface area contributed by atoms with E-state index in [2.05, 4.69) is 0 Å². The van der Waals surface area contributed by atoms with Crippen molar-refractivity contribution in [1.29, 1.82) is 0 Å². The fourth-order valence-electron chi connectivity index (χ4n) is 3.78. The van der Waals surface area contributed by atoms with Crippen molar-refractivity contribution >= 4 is 22.5 Å². The summed E-state index contributed by atoms with van der Waals surface area (Å²) in [6, 6.07) is 15.0. The van der Waals surface area contributed by atoms with Crippen LogP contribution in [0.15, 0.2) is 53.3 Å². The highest BCUT2D eigenvalue weighted by atomic mass is 16.3. The largest absolute Gasteiger partial charge is 0.396 e. The minimum Gasteiger partial charge on any atom is -0.396 e. The zero-order valence-corrected chi connectivity index (χ0v) is 15.1. The number of aromatic nitrogens is 2. The molecular weight excluding hydrogens is 342 g/mol. The summed E-state index contributed by atoms with van der Waals surface area (Å²) in [5, 5.41) is 9.77. The van der Waals surface area contributed by atoms with Crippen molar-refractivity contribution in [1.82, 2.24) is 9.55 Å². The Morgan fingerprint density at radius 2 is 1.81 bits per heavy atom. The van der Waals surface area contributed by atoms with Gasteiger partial charge in [0.05, 0.1) is 16.8 Å². The molecule has 6 nitrogen and oxygen atoms in total. The van der Waals surface area contributed by atoms with E-state index in [4.69, 9.17) is 4.98 Å². The molecule has 0 saturated carbocycles. The third-order valence-electron chi connectivity index (χ3n) is 5.17. The quantitative estimate of drug-likeness (QED) is 0.753. The van der Waals surface area contributed by atoms with Gasteiger partial charge >= 0.3 is 0 Å². The molecule has 27 heavy (non-hydrogen) atoms. The lowest BCUT2D eigenvalue weighted by atomic mass is 9.96. The lowest BCUT2D eigenvalue weighted by Crippen LogP contribution is -2.30. The normalized spacial score (nSPS) is 16.1. The summed E-state index contributed by atoms with van der Waals surface area (Å²) in [4.78, 5) is 32.1. The Morgan fingerprint density at radius 3 is 2.63 bits per heavy atom. The molecule has 0 fully saturated rings. The monoisotopic (exact) mass is 363 g/mol. The molecule has 1 aliphatic rings. The maximum Gasteiger partial charge on any atom is 0.261 e. The van der Waals surface area contributed by atoms with Crippen LogP contribution in [0.25, 0.3) is 10.9 Å². The van der Waals surface area contributed by atoms with Gasteiger partial charge in [-0.3, -0.25) is 14.2 Å². The van der Waals surface area contributed by atoms with E-state index in [0.717, 1.165) is 11.3 Å². The molecule has 1 unspecified atom stereocenters. The van der Waals surface area contributed by atoms with Crippen molar-refractivity contribution in [2.75, 3.05) is 18.6 Å². The molecule has 0 bridgehead atoms. The number of fused-ring (bicyclic) bond motifs is 2. The van der Waals surface area contributed by atoms with E-state index in [1.807, 2.05) is 42.5 Å². The number of aliphatic hydroxyl groups is 1. The number of hydrogen-bond donors (Lipinski definition) is 1. The van der Waals surface area contributed by atoms with Gasteiger partial charge in [0.2, 0.25) is 5.91 Å². The minimum atomic E-state index is -0.361. The predicted molar refractivity (Wildman–Crippen MR) is 104 cm³/mol. The summed E-state index contributed by atoms with van der Waals surface area (Å²) in [6.45, 7) is 0.369. The molecule has 1 aromatic heterocycles. The molecule has 1 amide bonds.